The van der Waals surface area contributed by atoms with Crippen LogP contribution >= 0.6 is 0 Å². The van der Waals surface area contributed by atoms with Gasteiger partial charge in [0.1, 0.15) is 11.3 Å². The molecule has 0 bridgehead atoms. The van der Waals surface area contributed by atoms with Gasteiger partial charge < -0.3 is 14.2 Å². The van der Waals surface area contributed by atoms with Crippen LogP contribution < -0.4 is 25.1 Å². The molecular weight excluding hydrogens is 418 g/mol. The molecule has 0 aliphatic rings. The minimum atomic E-state index is -0.877. The average molecular weight is 445 g/mol. The van der Waals surface area contributed by atoms with Gasteiger partial charge in [-0.2, -0.15) is 0 Å². The van der Waals surface area contributed by atoms with Gasteiger partial charge in [0, 0.05) is 11.6 Å². The lowest BCUT2D eigenvalue weighted by Gasteiger charge is -2.12. The van der Waals surface area contributed by atoms with E-state index < -0.39 is 22.4 Å². The molecule has 32 heavy (non-hydrogen) atoms. The highest BCUT2D eigenvalue weighted by molar-refractivity contribution is 6.01. The van der Waals surface area contributed by atoms with Crippen molar-refractivity contribution in [3.8, 4) is 17.2 Å². The Bertz CT molecular complexity index is 945. The van der Waals surface area contributed by atoms with Gasteiger partial charge in [-0.05, 0) is 30.7 Å². The first-order valence-corrected chi connectivity index (χ1v) is 10.1. The molecule has 2 rings (SSSR count). The lowest BCUT2D eigenvalue weighted by atomic mass is 10.1. The minimum absolute atomic E-state index is 0.104. The topological polar surface area (TPSA) is 129 Å². The highest BCUT2D eigenvalue weighted by Crippen LogP contribution is 2.34. The van der Waals surface area contributed by atoms with E-state index in [4.69, 9.17) is 14.2 Å². The maximum Gasteiger partial charge on any atom is 0.286 e. The van der Waals surface area contributed by atoms with Crippen molar-refractivity contribution in [3.05, 3.63) is 57.6 Å². The monoisotopic (exact) mass is 445 g/mol. The van der Waals surface area contributed by atoms with Gasteiger partial charge in [0.25, 0.3) is 17.5 Å². The third-order valence-corrected chi connectivity index (χ3v) is 4.62. The van der Waals surface area contributed by atoms with Crippen LogP contribution in [0.2, 0.25) is 0 Å². The Hall–Kier alpha value is -3.82. The SMILES string of the molecule is CCCCCCOc1ccc(C(=O)NNC(=O)c2cc(OC)c(OC)cc2[N+](=O)[O-])cc1. The first-order valence-electron chi connectivity index (χ1n) is 10.1. The molecule has 0 aliphatic heterocycles. The molecule has 10 nitrogen and oxygen atoms in total. The predicted molar refractivity (Wildman–Crippen MR) is 117 cm³/mol. The molecule has 0 spiro atoms. The lowest BCUT2D eigenvalue weighted by Crippen LogP contribution is -2.41. The second-order valence-corrected chi connectivity index (χ2v) is 6.82. The molecule has 0 fully saturated rings. The summed E-state index contributed by atoms with van der Waals surface area (Å²) in [7, 11) is 2.66. The van der Waals surface area contributed by atoms with E-state index in [1.54, 1.807) is 24.3 Å². The number of hydrogen-bond acceptors (Lipinski definition) is 7. The molecule has 2 N–H and O–H groups in total. The molecule has 0 atom stereocenters. The van der Waals surface area contributed by atoms with E-state index in [1.807, 2.05) is 0 Å². The van der Waals surface area contributed by atoms with Crippen molar-refractivity contribution < 1.29 is 28.7 Å². The summed E-state index contributed by atoms with van der Waals surface area (Å²) in [6.07, 6.45) is 4.39. The lowest BCUT2D eigenvalue weighted by molar-refractivity contribution is -0.385. The summed E-state index contributed by atoms with van der Waals surface area (Å²) in [6, 6.07) is 8.69. The van der Waals surface area contributed by atoms with Crippen molar-refractivity contribution >= 4 is 17.5 Å². The van der Waals surface area contributed by atoms with Gasteiger partial charge in [-0.25, -0.2) is 0 Å². The van der Waals surface area contributed by atoms with E-state index in [0.29, 0.717) is 12.4 Å². The van der Waals surface area contributed by atoms with Crippen LogP contribution in [0, 0.1) is 10.1 Å². The number of nitrogens with one attached hydrogen (secondary N) is 2. The summed E-state index contributed by atoms with van der Waals surface area (Å²) in [4.78, 5) is 35.4. The largest absolute Gasteiger partial charge is 0.494 e. The summed E-state index contributed by atoms with van der Waals surface area (Å²) in [6.45, 7) is 2.74. The van der Waals surface area contributed by atoms with Crippen LogP contribution in [0.4, 0.5) is 5.69 Å². The number of unbranched alkanes of at least 4 members (excludes halogenated alkanes) is 3. The first kappa shape index (κ1) is 24.4. The number of nitro groups is 1. The van der Waals surface area contributed by atoms with Crippen LogP contribution in [0.15, 0.2) is 36.4 Å². The zero-order chi connectivity index (χ0) is 23.5. The molecule has 10 heteroatoms. The molecular formula is C22H27N3O7. The summed E-state index contributed by atoms with van der Waals surface area (Å²) in [5.41, 5.74) is 3.92. The summed E-state index contributed by atoms with van der Waals surface area (Å²) in [5.74, 6) is -0.579. The molecule has 0 radical (unpaired) electrons. The summed E-state index contributed by atoms with van der Waals surface area (Å²) < 4.78 is 15.7. The summed E-state index contributed by atoms with van der Waals surface area (Å²) >= 11 is 0. The Morgan fingerprint density at radius 1 is 0.938 bits per heavy atom. The number of methoxy groups -OCH3 is 2. The first-order chi connectivity index (χ1) is 15.4. The number of hydrazine groups is 1. The van der Waals surface area contributed by atoms with Crippen molar-refractivity contribution in [2.75, 3.05) is 20.8 Å². The number of nitrogens with zero attached hydrogens (tertiary/aromatic N) is 1. The van der Waals surface area contributed by atoms with Crippen molar-refractivity contribution in [1.82, 2.24) is 10.9 Å². The Balaban J connectivity index is 1.99. The number of hydrogen-bond donors (Lipinski definition) is 2. The Morgan fingerprint density at radius 2 is 1.56 bits per heavy atom. The van der Waals surface area contributed by atoms with E-state index in [9.17, 15) is 19.7 Å². The second kappa shape index (κ2) is 12.1. The van der Waals surface area contributed by atoms with Gasteiger partial charge >= 0.3 is 0 Å². The molecule has 2 aromatic rings. The van der Waals surface area contributed by atoms with Gasteiger partial charge in [-0.1, -0.05) is 26.2 Å². The Kier molecular flexibility index (Phi) is 9.27. The number of carbonyl (C=O) groups is 2. The van der Waals surface area contributed by atoms with E-state index >= 15 is 0 Å². The molecule has 0 saturated heterocycles. The van der Waals surface area contributed by atoms with Crippen LogP contribution in [0.5, 0.6) is 17.2 Å². The fourth-order valence-electron chi connectivity index (χ4n) is 2.88. The highest BCUT2D eigenvalue weighted by atomic mass is 16.6. The Morgan fingerprint density at radius 3 is 2.16 bits per heavy atom. The van der Waals surface area contributed by atoms with Crippen molar-refractivity contribution in [1.29, 1.82) is 0 Å². The van der Waals surface area contributed by atoms with E-state index in [2.05, 4.69) is 17.8 Å². The number of rotatable bonds is 11. The van der Waals surface area contributed by atoms with E-state index in [0.717, 1.165) is 25.3 Å². The van der Waals surface area contributed by atoms with Crippen LogP contribution in [0.25, 0.3) is 0 Å². The van der Waals surface area contributed by atoms with Crippen LogP contribution in [0.3, 0.4) is 0 Å². The van der Waals surface area contributed by atoms with Gasteiger partial charge in [-0.15, -0.1) is 0 Å². The quantitative estimate of drug-likeness (QED) is 0.307. The highest BCUT2D eigenvalue weighted by Gasteiger charge is 2.25. The maximum absolute atomic E-state index is 12.5. The zero-order valence-electron chi connectivity index (χ0n) is 18.3. The molecule has 2 amide bonds. The fraction of sp³-hybridized carbons (Fsp3) is 0.364. The smallest absolute Gasteiger partial charge is 0.286 e. The van der Waals surface area contributed by atoms with Crippen molar-refractivity contribution in [3.63, 3.8) is 0 Å². The molecule has 0 saturated carbocycles. The summed E-state index contributed by atoms with van der Waals surface area (Å²) in [5, 5.41) is 11.3. The van der Waals surface area contributed by atoms with Gasteiger partial charge in [0.2, 0.25) is 0 Å². The number of nitro benzene ring substituents is 1. The Labute approximate surface area is 186 Å². The number of carbonyl (C=O) groups excluding carboxylic acids is 2. The molecule has 172 valence electrons. The zero-order valence-corrected chi connectivity index (χ0v) is 18.3. The molecule has 0 unspecified atom stereocenters. The third kappa shape index (κ3) is 6.59. The second-order valence-electron chi connectivity index (χ2n) is 6.82. The van der Waals surface area contributed by atoms with Gasteiger partial charge in [0.05, 0.1) is 31.8 Å². The van der Waals surface area contributed by atoms with Crippen molar-refractivity contribution in [2.24, 2.45) is 0 Å². The fourth-order valence-corrected chi connectivity index (χ4v) is 2.88. The standard InChI is InChI=1S/C22H27N3O7/c1-4-5-6-7-12-32-16-10-8-15(9-11-16)21(26)23-24-22(27)17-13-19(30-2)20(31-3)14-18(17)25(28)29/h8-11,13-14H,4-7,12H2,1-3H3,(H,23,26)(H,24,27). The molecule has 0 aromatic heterocycles. The molecule has 0 aliphatic carbocycles. The maximum atomic E-state index is 12.5. The van der Waals surface area contributed by atoms with E-state index in [1.165, 1.54) is 26.7 Å². The third-order valence-electron chi connectivity index (χ3n) is 4.62. The minimum Gasteiger partial charge on any atom is -0.494 e. The van der Waals surface area contributed by atoms with Crippen LogP contribution in [0.1, 0.15) is 53.3 Å². The predicted octanol–water partition coefficient (Wildman–Crippen LogP) is 3.65. The van der Waals surface area contributed by atoms with Gasteiger partial charge in [0.15, 0.2) is 11.5 Å². The van der Waals surface area contributed by atoms with Crippen LogP contribution in [-0.2, 0) is 0 Å². The van der Waals surface area contributed by atoms with E-state index in [-0.39, 0.29) is 22.6 Å². The molecule has 0 heterocycles. The normalized spacial score (nSPS) is 10.2. The van der Waals surface area contributed by atoms with Crippen molar-refractivity contribution in [2.45, 2.75) is 32.6 Å². The number of amides is 2. The number of ether oxygens (including phenoxy) is 3. The molecule has 2 aromatic carbocycles. The van der Waals surface area contributed by atoms with Crippen LogP contribution in [-0.4, -0.2) is 37.6 Å². The number of benzene rings is 2. The van der Waals surface area contributed by atoms with Gasteiger partial charge in [-0.3, -0.25) is 30.6 Å². The average Bonchev–Trinajstić information content (AvgIpc) is 2.81.